The Balaban J connectivity index is 0.00000225. The summed E-state index contributed by atoms with van der Waals surface area (Å²) in [5.74, 6) is 0.907. The number of likely N-dealkylation sites (tertiary alicyclic amines) is 1. The third-order valence-electron chi connectivity index (χ3n) is 4.26. The molecule has 1 atom stereocenters. The third kappa shape index (κ3) is 6.23. The number of thiophene rings is 2. The predicted molar refractivity (Wildman–Crippen MR) is 120 cm³/mol. The standard InChI is InChI=1S/C18H26N4S2.HI/c1-2-19-18(20-12-15-7-11-23-14-15)21-13-16(17-6-5-10-24-17)22-8-3-4-9-22;/h5-7,10-11,14,16H,2-4,8-9,12-13H2,1H3,(H2,19,20,21);1H. The van der Waals surface area contributed by atoms with Gasteiger partial charge in [0.1, 0.15) is 0 Å². The molecule has 4 nitrogen and oxygen atoms in total. The molecule has 7 heteroatoms. The van der Waals surface area contributed by atoms with Gasteiger partial charge in [0.2, 0.25) is 0 Å². The number of hydrogen-bond donors (Lipinski definition) is 2. The van der Waals surface area contributed by atoms with Crippen molar-refractivity contribution in [3.63, 3.8) is 0 Å². The van der Waals surface area contributed by atoms with Crippen LogP contribution in [0.2, 0.25) is 0 Å². The second-order valence-electron chi connectivity index (χ2n) is 5.98. The number of rotatable bonds is 7. The van der Waals surface area contributed by atoms with E-state index < -0.39 is 0 Å². The first-order chi connectivity index (χ1) is 11.9. The summed E-state index contributed by atoms with van der Waals surface area (Å²) < 4.78 is 0. The van der Waals surface area contributed by atoms with Crippen LogP contribution in [0.1, 0.15) is 36.2 Å². The number of aliphatic imine (C=N–C) groups is 1. The number of nitrogens with one attached hydrogen (secondary N) is 2. The quantitative estimate of drug-likeness (QED) is 0.345. The minimum absolute atomic E-state index is 0. The predicted octanol–water partition coefficient (Wildman–Crippen LogP) is 4.32. The first-order valence-electron chi connectivity index (χ1n) is 8.67. The molecule has 138 valence electrons. The molecule has 3 heterocycles. The zero-order valence-corrected chi connectivity index (χ0v) is 18.6. The van der Waals surface area contributed by atoms with Gasteiger partial charge in [-0.05, 0) is 66.7 Å². The molecule has 0 aromatic carbocycles. The lowest BCUT2D eigenvalue weighted by Gasteiger charge is -2.27. The maximum atomic E-state index is 4.72. The van der Waals surface area contributed by atoms with Crippen LogP contribution in [0.4, 0.5) is 0 Å². The molecule has 2 aromatic heterocycles. The van der Waals surface area contributed by atoms with Crippen molar-refractivity contribution in [1.29, 1.82) is 0 Å². The summed E-state index contributed by atoms with van der Waals surface area (Å²) >= 11 is 3.58. The van der Waals surface area contributed by atoms with E-state index in [1.54, 1.807) is 11.3 Å². The highest BCUT2D eigenvalue weighted by atomic mass is 127. The largest absolute Gasteiger partial charge is 0.357 e. The molecular weight excluding hydrogens is 463 g/mol. The van der Waals surface area contributed by atoms with E-state index in [1.165, 1.54) is 36.4 Å². The van der Waals surface area contributed by atoms with Crippen LogP contribution in [0.25, 0.3) is 0 Å². The van der Waals surface area contributed by atoms with Gasteiger partial charge >= 0.3 is 0 Å². The molecule has 2 aromatic rings. The van der Waals surface area contributed by atoms with Gasteiger partial charge in [-0.15, -0.1) is 35.3 Å². The second kappa shape index (κ2) is 11.2. The summed E-state index contributed by atoms with van der Waals surface area (Å²) in [6, 6.07) is 6.98. The van der Waals surface area contributed by atoms with Crippen LogP contribution in [0.3, 0.4) is 0 Å². The van der Waals surface area contributed by atoms with Gasteiger partial charge in [-0.2, -0.15) is 11.3 Å². The average Bonchev–Trinajstić information content (AvgIpc) is 3.35. The first-order valence-corrected chi connectivity index (χ1v) is 10.5. The van der Waals surface area contributed by atoms with Crippen molar-refractivity contribution in [3.05, 3.63) is 44.8 Å². The molecule has 1 aliphatic rings. The van der Waals surface area contributed by atoms with E-state index >= 15 is 0 Å². The Labute approximate surface area is 175 Å². The van der Waals surface area contributed by atoms with E-state index in [4.69, 9.17) is 4.99 Å². The number of nitrogens with zero attached hydrogens (tertiary/aromatic N) is 2. The Morgan fingerprint density at radius 2 is 2.08 bits per heavy atom. The molecule has 0 aliphatic carbocycles. The van der Waals surface area contributed by atoms with Gasteiger partial charge in [0.05, 0.1) is 12.6 Å². The summed E-state index contributed by atoms with van der Waals surface area (Å²) in [4.78, 5) is 8.76. The molecule has 0 amide bonds. The smallest absolute Gasteiger partial charge is 0.191 e. The van der Waals surface area contributed by atoms with E-state index in [-0.39, 0.29) is 24.0 Å². The van der Waals surface area contributed by atoms with Gasteiger partial charge in [0, 0.05) is 18.0 Å². The van der Waals surface area contributed by atoms with Crippen LogP contribution >= 0.6 is 46.7 Å². The van der Waals surface area contributed by atoms with Crippen molar-refractivity contribution in [2.75, 3.05) is 26.2 Å². The Morgan fingerprint density at radius 3 is 2.72 bits per heavy atom. The van der Waals surface area contributed by atoms with Crippen LogP contribution < -0.4 is 10.6 Å². The van der Waals surface area contributed by atoms with Crippen LogP contribution in [0, 0.1) is 0 Å². The van der Waals surface area contributed by atoms with Crippen molar-refractivity contribution in [3.8, 4) is 0 Å². The number of guanidine groups is 1. The molecular formula is C18H27IN4S2. The fraction of sp³-hybridized carbons (Fsp3) is 0.500. The maximum absolute atomic E-state index is 4.72. The molecule has 3 rings (SSSR count). The molecule has 1 aliphatic heterocycles. The van der Waals surface area contributed by atoms with Crippen molar-refractivity contribution in [2.24, 2.45) is 4.99 Å². The molecule has 1 unspecified atom stereocenters. The van der Waals surface area contributed by atoms with Crippen molar-refractivity contribution in [2.45, 2.75) is 32.4 Å². The van der Waals surface area contributed by atoms with Crippen molar-refractivity contribution >= 4 is 52.6 Å². The topological polar surface area (TPSA) is 39.7 Å². The second-order valence-corrected chi connectivity index (χ2v) is 7.74. The summed E-state index contributed by atoms with van der Waals surface area (Å²) in [7, 11) is 0. The summed E-state index contributed by atoms with van der Waals surface area (Å²) in [6.45, 7) is 7.02. The lowest BCUT2D eigenvalue weighted by molar-refractivity contribution is 0.249. The molecule has 2 N–H and O–H groups in total. The molecule has 0 bridgehead atoms. The molecule has 0 spiro atoms. The van der Waals surface area contributed by atoms with Crippen LogP contribution in [0.5, 0.6) is 0 Å². The summed E-state index contributed by atoms with van der Waals surface area (Å²) in [5, 5.41) is 13.4. The maximum Gasteiger partial charge on any atom is 0.191 e. The highest BCUT2D eigenvalue weighted by molar-refractivity contribution is 14.0. The van der Waals surface area contributed by atoms with E-state index in [0.29, 0.717) is 6.04 Å². The van der Waals surface area contributed by atoms with Crippen LogP contribution in [-0.2, 0) is 6.54 Å². The Hall–Kier alpha value is -0.640. The zero-order chi connectivity index (χ0) is 16.6. The van der Waals surface area contributed by atoms with E-state index in [9.17, 15) is 0 Å². The summed E-state index contributed by atoms with van der Waals surface area (Å²) in [5.41, 5.74) is 1.27. The van der Waals surface area contributed by atoms with E-state index in [0.717, 1.165) is 25.6 Å². The van der Waals surface area contributed by atoms with E-state index in [2.05, 4.69) is 56.8 Å². The van der Waals surface area contributed by atoms with Crippen molar-refractivity contribution in [1.82, 2.24) is 15.5 Å². The monoisotopic (exact) mass is 490 g/mol. The molecule has 25 heavy (non-hydrogen) atoms. The van der Waals surface area contributed by atoms with Gasteiger partial charge in [-0.25, -0.2) is 4.99 Å². The van der Waals surface area contributed by atoms with Crippen LogP contribution in [-0.4, -0.2) is 37.0 Å². The molecule has 0 radical (unpaired) electrons. The average molecular weight is 490 g/mol. The summed E-state index contributed by atoms with van der Waals surface area (Å²) in [6.07, 6.45) is 2.63. The minimum Gasteiger partial charge on any atom is -0.357 e. The SMILES string of the molecule is CCNC(=NCc1ccsc1)NCC(c1cccs1)N1CCCC1.I. The van der Waals surface area contributed by atoms with Gasteiger partial charge < -0.3 is 10.6 Å². The highest BCUT2D eigenvalue weighted by Gasteiger charge is 2.24. The van der Waals surface area contributed by atoms with Crippen LogP contribution in [0.15, 0.2) is 39.3 Å². The number of hydrogen-bond acceptors (Lipinski definition) is 4. The lowest BCUT2D eigenvalue weighted by Crippen LogP contribution is -2.42. The minimum atomic E-state index is 0. The Bertz CT molecular complexity index is 607. The molecule has 0 saturated carbocycles. The Kier molecular flexibility index (Phi) is 9.22. The normalized spacial score (nSPS) is 16.4. The zero-order valence-electron chi connectivity index (χ0n) is 14.6. The molecule has 1 saturated heterocycles. The van der Waals surface area contributed by atoms with Crippen molar-refractivity contribution < 1.29 is 0 Å². The van der Waals surface area contributed by atoms with Gasteiger partial charge in [0.15, 0.2) is 5.96 Å². The fourth-order valence-electron chi connectivity index (χ4n) is 3.03. The van der Waals surface area contributed by atoms with Gasteiger partial charge in [-0.3, -0.25) is 4.90 Å². The lowest BCUT2D eigenvalue weighted by atomic mass is 10.2. The fourth-order valence-corrected chi connectivity index (χ4v) is 4.55. The number of halogens is 1. The van der Waals surface area contributed by atoms with Gasteiger partial charge in [0.25, 0.3) is 0 Å². The Morgan fingerprint density at radius 1 is 1.24 bits per heavy atom. The highest BCUT2D eigenvalue weighted by Crippen LogP contribution is 2.27. The van der Waals surface area contributed by atoms with Gasteiger partial charge in [-0.1, -0.05) is 6.07 Å². The molecule has 1 fully saturated rings. The third-order valence-corrected chi connectivity index (χ3v) is 5.97. The first kappa shape index (κ1) is 20.7. The van der Waals surface area contributed by atoms with E-state index in [1.807, 2.05) is 11.3 Å².